The Morgan fingerprint density at radius 3 is 2.56 bits per heavy atom. The summed E-state index contributed by atoms with van der Waals surface area (Å²) in [6.45, 7) is 1.97. The first kappa shape index (κ1) is 12.0. The number of hydrogen-bond acceptors (Lipinski definition) is 3. The van der Waals surface area contributed by atoms with Crippen molar-refractivity contribution in [1.29, 1.82) is 5.26 Å². The lowest BCUT2D eigenvalue weighted by molar-refractivity contribution is 0.227. The molecule has 90 valence electrons. The minimum absolute atomic E-state index is 0.0682. The van der Waals surface area contributed by atoms with E-state index >= 15 is 0 Å². The molecule has 0 fully saturated rings. The molecule has 0 bridgehead atoms. The minimum Gasteiger partial charge on any atom is -0.486 e. The predicted octanol–water partition coefficient (Wildman–Crippen LogP) is 3.28. The van der Waals surface area contributed by atoms with Crippen LogP contribution in [0.1, 0.15) is 24.2 Å². The number of rotatable bonds is 3. The van der Waals surface area contributed by atoms with Crippen molar-refractivity contribution in [2.24, 2.45) is 0 Å². The second-order valence-electron chi connectivity index (χ2n) is 4.03. The fraction of sp³-hybridized carbons (Fsp3) is 0.133. The minimum atomic E-state index is -0.0682. The van der Waals surface area contributed by atoms with Gasteiger partial charge in [0.1, 0.15) is 17.9 Å². The highest BCUT2D eigenvalue weighted by atomic mass is 16.5. The summed E-state index contributed by atoms with van der Waals surface area (Å²) in [5.41, 5.74) is 7.66. The summed E-state index contributed by atoms with van der Waals surface area (Å²) in [7, 11) is 0. The average molecular weight is 238 g/mol. The highest BCUT2D eigenvalue weighted by molar-refractivity contribution is 5.56. The van der Waals surface area contributed by atoms with Crippen molar-refractivity contribution < 1.29 is 4.74 Å². The second-order valence-corrected chi connectivity index (χ2v) is 4.03. The van der Waals surface area contributed by atoms with Crippen LogP contribution in [0, 0.1) is 11.3 Å². The molecule has 0 aromatic heterocycles. The third-order valence-corrected chi connectivity index (χ3v) is 2.73. The molecular formula is C15H14N2O. The van der Waals surface area contributed by atoms with Gasteiger partial charge in [-0.1, -0.05) is 30.3 Å². The van der Waals surface area contributed by atoms with E-state index in [9.17, 15) is 0 Å². The van der Waals surface area contributed by atoms with Crippen molar-refractivity contribution in [1.82, 2.24) is 0 Å². The molecule has 0 radical (unpaired) electrons. The van der Waals surface area contributed by atoms with Crippen LogP contribution in [0.2, 0.25) is 0 Å². The maximum atomic E-state index is 8.91. The van der Waals surface area contributed by atoms with Crippen LogP contribution in [0.25, 0.3) is 0 Å². The number of benzene rings is 2. The molecule has 2 rings (SSSR count). The summed E-state index contributed by atoms with van der Waals surface area (Å²) in [6.07, 6.45) is -0.0682. The van der Waals surface area contributed by atoms with Gasteiger partial charge >= 0.3 is 0 Å². The van der Waals surface area contributed by atoms with Gasteiger partial charge in [-0.25, -0.2) is 0 Å². The Kier molecular flexibility index (Phi) is 3.49. The monoisotopic (exact) mass is 238 g/mol. The molecule has 2 aromatic rings. The van der Waals surface area contributed by atoms with E-state index in [4.69, 9.17) is 15.7 Å². The van der Waals surface area contributed by atoms with Gasteiger partial charge in [-0.15, -0.1) is 0 Å². The molecule has 0 spiro atoms. The molecule has 2 N–H and O–H groups in total. The van der Waals surface area contributed by atoms with Crippen LogP contribution in [0.5, 0.6) is 5.75 Å². The van der Waals surface area contributed by atoms with Gasteiger partial charge in [0, 0.05) is 11.8 Å². The smallest absolute Gasteiger partial charge is 0.121 e. The Balaban J connectivity index is 2.18. The molecule has 0 amide bonds. The van der Waals surface area contributed by atoms with Gasteiger partial charge < -0.3 is 10.5 Å². The molecule has 0 heterocycles. The van der Waals surface area contributed by atoms with E-state index in [1.54, 1.807) is 18.2 Å². The standard InChI is InChI=1S/C15H14N2O/c1-11(12-5-3-2-4-6-12)18-14-7-8-15(17)13(9-14)10-16/h2-9,11H,17H2,1H3. The summed E-state index contributed by atoms with van der Waals surface area (Å²) < 4.78 is 5.79. The zero-order chi connectivity index (χ0) is 13.0. The molecule has 0 saturated heterocycles. The first-order valence-electron chi connectivity index (χ1n) is 5.72. The van der Waals surface area contributed by atoms with Crippen LogP contribution < -0.4 is 10.5 Å². The van der Waals surface area contributed by atoms with Crippen LogP contribution in [-0.2, 0) is 0 Å². The highest BCUT2D eigenvalue weighted by Crippen LogP contribution is 2.24. The number of ether oxygens (including phenoxy) is 1. The number of nitrogens with zero attached hydrogens (tertiary/aromatic N) is 1. The van der Waals surface area contributed by atoms with E-state index in [1.807, 2.05) is 43.3 Å². The Hall–Kier alpha value is -2.47. The first-order valence-corrected chi connectivity index (χ1v) is 5.72. The van der Waals surface area contributed by atoms with Crippen LogP contribution in [0.4, 0.5) is 5.69 Å². The van der Waals surface area contributed by atoms with Crippen LogP contribution in [0.15, 0.2) is 48.5 Å². The van der Waals surface area contributed by atoms with Crippen LogP contribution in [0.3, 0.4) is 0 Å². The molecule has 1 atom stereocenters. The SMILES string of the molecule is CC(Oc1ccc(N)c(C#N)c1)c1ccccc1. The molecule has 1 unspecified atom stereocenters. The van der Waals surface area contributed by atoms with Crippen molar-refractivity contribution in [2.45, 2.75) is 13.0 Å². The molecule has 3 heteroatoms. The summed E-state index contributed by atoms with van der Waals surface area (Å²) in [5, 5.41) is 8.91. The van der Waals surface area contributed by atoms with E-state index in [0.717, 1.165) is 5.56 Å². The summed E-state index contributed by atoms with van der Waals surface area (Å²) >= 11 is 0. The summed E-state index contributed by atoms with van der Waals surface area (Å²) in [5.74, 6) is 0.650. The first-order chi connectivity index (χ1) is 8.70. The van der Waals surface area contributed by atoms with Crippen LogP contribution in [-0.4, -0.2) is 0 Å². The van der Waals surface area contributed by atoms with Crippen molar-refractivity contribution in [3.8, 4) is 11.8 Å². The molecule has 18 heavy (non-hydrogen) atoms. The second kappa shape index (κ2) is 5.24. The molecule has 3 nitrogen and oxygen atoms in total. The van der Waals surface area contributed by atoms with Crippen molar-refractivity contribution in [3.63, 3.8) is 0 Å². The van der Waals surface area contributed by atoms with Gasteiger partial charge in [0.05, 0.1) is 5.56 Å². The van der Waals surface area contributed by atoms with Gasteiger partial charge in [0.15, 0.2) is 0 Å². The van der Waals surface area contributed by atoms with E-state index in [2.05, 4.69) is 0 Å². The quantitative estimate of drug-likeness (QED) is 0.835. The number of nitrogen functional groups attached to an aromatic ring is 1. The number of nitriles is 1. The average Bonchev–Trinajstić information content (AvgIpc) is 2.42. The van der Waals surface area contributed by atoms with E-state index in [-0.39, 0.29) is 6.10 Å². The predicted molar refractivity (Wildman–Crippen MR) is 71.1 cm³/mol. The van der Waals surface area contributed by atoms with Gasteiger partial charge in [-0.05, 0) is 24.6 Å². The van der Waals surface area contributed by atoms with Crippen molar-refractivity contribution in [3.05, 3.63) is 59.7 Å². The molecule has 0 aliphatic carbocycles. The van der Waals surface area contributed by atoms with Crippen molar-refractivity contribution in [2.75, 3.05) is 5.73 Å². The highest BCUT2D eigenvalue weighted by Gasteiger charge is 2.08. The normalized spacial score (nSPS) is 11.6. The molecule has 0 saturated carbocycles. The third kappa shape index (κ3) is 2.61. The topological polar surface area (TPSA) is 59.0 Å². The molecule has 0 aliphatic heterocycles. The van der Waals surface area contributed by atoms with Gasteiger partial charge in [-0.3, -0.25) is 0 Å². The van der Waals surface area contributed by atoms with Gasteiger partial charge in [0.25, 0.3) is 0 Å². The van der Waals surface area contributed by atoms with E-state index < -0.39 is 0 Å². The van der Waals surface area contributed by atoms with Gasteiger partial charge in [0.2, 0.25) is 0 Å². The van der Waals surface area contributed by atoms with Crippen LogP contribution >= 0.6 is 0 Å². The Labute approximate surface area is 106 Å². The molecule has 0 aliphatic rings. The number of nitrogens with two attached hydrogens (primary N) is 1. The number of hydrogen-bond donors (Lipinski definition) is 1. The Morgan fingerprint density at radius 2 is 1.89 bits per heavy atom. The fourth-order valence-electron chi connectivity index (χ4n) is 1.70. The van der Waals surface area contributed by atoms with E-state index in [0.29, 0.717) is 17.0 Å². The van der Waals surface area contributed by atoms with Gasteiger partial charge in [-0.2, -0.15) is 5.26 Å². The lowest BCUT2D eigenvalue weighted by Gasteiger charge is -2.15. The zero-order valence-corrected chi connectivity index (χ0v) is 10.1. The molecule has 2 aromatic carbocycles. The largest absolute Gasteiger partial charge is 0.486 e. The fourth-order valence-corrected chi connectivity index (χ4v) is 1.70. The van der Waals surface area contributed by atoms with Crippen molar-refractivity contribution >= 4 is 5.69 Å². The molecular weight excluding hydrogens is 224 g/mol. The Morgan fingerprint density at radius 1 is 1.17 bits per heavy atom. The lowest BCUT2D eigenvalue weighted by Crippen LogP contribution is -2.03. The Bertz CT molecular complexity index is 573. The zero-order valence-electron chi connectivity index (χ0n) is 10.1. The lowest BCUT2D eigenvalue weighted by atomic mass is 10.1. The summed E-state index contributed by atoms with van der Waals surface area (Å²) in [6, 6.07) is 17.1. The maximum Gasteiger partial charge on any atom is 0.121 e. The summed E-state index contributed by atoms with van der Waals surface area (Å²) in [4.78, 5) is 0. The third-order valence-electron chi connectivity index (χ3n) is 2.73. The maximum absolute atomic E-state index is 8.91. The number of anilines is 1. The van der Waals surface area contributed by atoms with E-state index in [1.165, 1.54) is 0 Å².